The van der Waals surface area contributed by atoms with Crippen LogP contribution in [-0.2, 0) is 11.3 Å². The number of hydrogen-bond donors (Lipinski definition) is 2. The Morgan fingerprint density at radius 1 is 0.923 bits per heavy atom. The number of carbonyl (C=O) groups excluding carboxylic acids is 2. The van der Waals surface area contributed by atoms with Crippen LogP contribution in [0.3, 0.4) is 0 Å². The van der Waals surface area contributed by atoms with Gasteiger partial charge in [-0.3, -0.25) is 9.59 Å². The average Bonchev–Trinajstić information content (AvgIpc) is 3.59. The van der Waals surface area contributed by atoms with Crippen LogP contribution >= 0.6 is 0 Å². The van der Waals surface area contributed by atoms with E-state index in [4.69, 9.17) is 4.74 Å². The molecule has 0 saturated carbocycles. The van der Waals surface area contributed by atoms with E-state index >= 15 is 0 Å². The number of Topliss-reactive ketones (excluding diaryl/α,β-unsaturated/α-hetero) is 1. The molecule has 1 aliphatic rings. The molecule has 1 atom stereocenters. The number of aromatic hydroxyl groups is 1. The molecule has 0 bridgehead atoms. The highest BCUT2D eigenvalue weighted by molar-refractivity contribution is 6.46. The number of unbranched alkanes of at least 4 members (excludes halogenated alkanes) is 3. The second kappa shape index (κ2) is 11.8. The Balaban J connectivity index is 1.56. The van der Waals surface area contributed by atoms with Gasteiger partial charge in [0.2, 0.25) is 5.78 Å². The molecule has 202 valence electrons. The fourth-order valence-electron chi connectivity index (χ4n) is 5.45. The van der Waals surface area contributed by atoms with Crippen molar-refractivity contribution in [3.05, 3.63) is 77.4 Å². The van der Waals surface area contributed by atoms with Crippen LogP contribution in [0.2, 0.25) is 0 Å². The van der Waals surface area contributed by atoms with Gasteiger partial charge in [0.05, 0.1) is 6.10 Å². The van der Waals surface area contributed by atoms with E-state index < -0.39 is 0 Å². The standard InChI is InChI=1S/C32H34N2O5/c1-2-3-4-5-8-28(33-38)32(37)23-12-16-30-27(19-23)26-18-22(31(36)21-9-13-24(35)14-10-21)11-15-29(26)34(30)20-25-7-6-17-39-25/h9-16,18-19,25,35,38H,2-8,17,20H2,1H3/b33-28+. The van der Waals surface area contributed by atoms with E-state index in [0.717, 1.165) is 66.9 Å². The number of carbonyl (C=O) groups is 2. The quantitative estimate of drug-likeness (QED) is 0.0728. The summed E-state index contributed by atoms with van der Waals surface area (Å²) in [5.74, 6) is -0.328. The van der Waals surface area contributed by atoms with Crippen molar-refractivity contribution in [3.8, 4) is 5.75 Å². The van der Waals surface area contributed by atoms with Gasteiger partial charge in [0.15, 0.2) is 5.78 Å². The van der Waals surface area contributed by atoms with Crippen LogP contribution in [0.25, 0.3) is 21.8 Å². The van der Waals surface area contributed by atoms with Gasteiger partial charge in [-0.2, -0.15) is 0 Å². The number of phenolic OH excluding ortho intramolecular Hbond substituents is 1. The van der Waals surface area contributed by atoms with E-state index in [1.807, 2.05) is 30.3 Å². The molecular formula is C32H34N2O5. The lowest BCUT2D eigenvalue weighted by Crippen LogP contribution is -2.15. The zero-order valence-electron chi connectivity index (χ0n) is 22.2. The Morgan fingerprint density at radius 2 is 1.59 bits per heavy atom. The van der Waals surface area contributed by atoms with Gasteiger partial charge in [-0.05, 0) is 86.3 Å². The van der Waals surface area contributed by atoms with Gasteiger partial charge in [-0.25, -0.2) is 0 Å². The van der Waals surface area contributed by atoms with Crippen LogP contribution in [0.1, 0.15) is 78.1 Å². The minimum Gasteiger partial charge on any atom is -0.508 e. The minimum atomic E-state index is -0.285. The van der Waals surface area contributed by atoms with Crippen molar-refractivity contribution in [2.45, 2.75) is 64.5 Å². The summed E-state index contributed by atoms with van der Waals surface area (Å²) in [6.07, 6.45) is 6.51. The number of hydrogen-bond acceptors (Lipinski definition) is 6. The molecule has 1 aromatic heterocycles. The zero-order chi connectivity index (χ0) is 27.4. The maximum atomic E-state index is 13.3. The summed E-state index contributed by atoms with van der Waals surface area (Å²) in [4.78, 5) is 26.6. The van der Waals surface area contributed by atoms with Crippen molar-refractivity contribution in [1.82, 2.24) is 4.57 Å². The molecule has 0 aliphatic carbocycles. The fourth-order valence-corrected chi connectivity index (χ4v) is 5.45. The van der Waals surface area contributed by atoms with E-state index in [1.165, 1.54) is 12.1 Å². The van der Waals surface area contributed by atoms with E-state index in [2.05, 4.69) is 16.6 Å². The van der Waals surface area contributed by atoms with Crippen LogP contribution in [-0.4, -0.2) is 44.9 Å². The summed E-state index contributed by atoms with van der Waals surface area (Å²) in [6, 6.07) is 17.4. The summed E-state index contributed by atoms with van der Waals surface area (Å²) in [6.45, 7) is 3.56. The number of phenols is 1. The predicted octanol–water partition coefficient (Wildman–Crippen LogP) is 6.89. The second-order valence-corrected chi connectivity index (χ2v) is 10.3. The van der Waals surface area contributed by atoms with Crippen molar-refractivity contribution >= 4 is 39.1 Å². The third-order valence-corrected chi connectivity index (χ3v) is 7.58. The van der Waals surface area contributed by atoms with Crippen molar-refractivity contribution in [2.75, 3.05) is 6.61 Å². The summed E-state index contributed by atoms with van der Waals surface area (Å²) in [5, 5.41) is 24.3. The fraction of sp³-hybridized carbons (Fsp3) is 0.344. The molecule has 7 heteroatoms. The Labute approximate surface area is 227 Å². The Morgan fingerprint density at radius 3 is 2.23 bits per heavy atom. The first-order chi connectivity index (χ1) is 19.0. The topological polar surface area (TPSA) is 101 Å². The number of ketones is 2. The van der Waals surface area contributed by atoms with E-state index in [9.17, 15) is 19.9 Å². The smallest absolute Gasteiger partial charge is 0.210 e. The lowest BCUT2D eigenvalue weighted by molar-refractivity contribution is 0.0988. The number of ether oxygens (including phenoxy) is 1. The molecule has 2 N–H and O–H groups in total. The molecule has 0 spiro atoms. The molecule has 39 heavy (non-hydrogen) atoms. The number of oxime groups is 1. The van der Waals surface area contributed by atoms with Crippen LogP contribution in [0.4, 0.5) is 0 Å². The van der Waals surface area contributed by atoms with Gasteiger partial charge in [0.1, 0.15) is 11.5 Å². The first kappa shape index (κ1) is 26.6. The van der Waals surface area contributed by atoms with Gasteiger partial charge >= 0.3 is 0 Å². The number of nitrogens with zero attached hydrogens (tertiary/aromatic N) is 2. The highest BCUT2D eigenvalue weighted by atomic mass is 16.5. The minimum absolute atomic E-state index is 0.104. The maximum Gasteiger partial charge on any atom is 0.210 e. The van der Waals surface area contributed by atoms with Gasteiger partial charge < -0.3 is 19.6 Å². The lowest BCUT2D eigenvalue weighted by atomic mass is 9.98. The molecule has 3 aromatic carbocycles. The molecule has 0 radical (unpaired) electrons. The van der Waals surface area contributed by atoms with Gasteiger partial charge in [0.25, 0.3) is 0 Å². The largest absolute Gasteiger partial charge is 0.508 e. The highest BCUT2D eigenvalue weighted by Gasteiger charge is 2.22. The van der Waals surface area contributed by atoms with Crippen molar-refractivity contribution in [2.24, 2.45) is 5.16 Å². The summed E-state index contributed by atoms with van der Waals surface area (Å²) in [7, 11) is 0. The van der Waals surface area contributed by atoms with Crippen molar-refractivity contribution in [3.63, 3.8) is 0 Å². The van der Waals surface area contributed by atoms with Gasteiger partial charge in [0, 0.05) is 51.6 Å². The van der Waals surface area contributed by atoms with E-state index in [-0.39, 0.29) is 29.1 Å². The molecule has 2 heterocycles. The Kier molecular flexibility index (Phi) is 8.07. The Hall–Kier alpha value is -3.97. The lowest BCUT2D eigenvalue weighted by Gasteiger charge is -2.13. The van der Waals surface area contributed by atoms with Crippen LogP contribution in [0, 0.1) is 0 Å². The number of rotatable bonds is 11. The first-order valence-corrected chi connectivity index (χ1v) is 13.8. The molecule has 1 unspecified atom stereocenters. The third-order valence-electron chi connectivity index (χ3n) is 7.58. The Bertz CT molecular complexity index is 1530. The average molecular weight is 527 g/mol. The van der Waals surface area contributed by atoms with E-state index in [1.54, 1.807) is 18.2 Å². The van der Waals surface area contributed by atoms with Crippen molar-refractivity contribution in [1.29, 1.82) is 0 Å². The molecule has 1 fully saturated rings. The monoisotopic (exact) mass is 526 g/mol. The number of fused-ring (bicyclic) bond motifs is 3. The molecule has 7 nitrogen and oxygen atoms in total. The van der Waals surface area contributed by atoms with Crippen molar-refractivity contribution < 1.29 is 24.6 Å². The normalized spacial score (nSPS) is 15.8. The van der Waals surface area contributed by atoms with Crippen LogP contribution in [0.15, 0.2) is 65.8 Å². The number of benzene rings is 3. The van der Waals surface area contributed by atoms with Crippen LogP contribution in [0.5, 0.6) is 5.75 Å². The SMILES string of the molecule is CCCCCC/C(=N\O)C(=O)c1ccc2c(c1)c1cc(C(=O)c3ccc(O)cc3)ccc1n2CC1CCCO1. The van der Waals surface area contributed by atoms with Gasteiger partial charge in [-0.15, -0.1) is 0 Å². The zero-order valence-corrected chi connectivity index (χ0v) is 22.2. The van der Waals surface area contributed by atoms with Crippen LogP contribution < -0.4 is 0 Å². The molecule has 1 aliphatic heterocycles. The molecule has 1 saturated heterocycles. The highest BCUT2D eigenvalue weighted by Crippen LogP contribution is 2.33. The molecular weight excluding hydrogens is 492 g/mol. The predicted molar refractivity (Wildman–Crippen MR) is 152 cm³/mol. The maximum absolute atomic E-state index is 13.3. The molecule has 4 aromatic rings. The number of aromatic nitrogens is 1. The molecule has 5 rings (SSSR count). The first-order valence-electron chi connectivity index (χ1n) is 13.8. The molecule has 0 amide bonds. The second-order valence-electron chi connectivity index (χ2n) is 10.3. The third kappa shape index (κ3) is 5.59. The summed E-state index contributed by atoms with van der Waals surface area (Å²) >= 11 is 0. The summed E-state index contributed by atoms with van der Waals surface area (Å²) in [5.41, 5.74) is 3.54. The van der Waals surface area contributed by atoms with Gasteiger partial charge in [-0.1, -0.05) is 31.3 Å². The van der Waals surface area contributed by atoms with E-state index in [0.29, 0.717) is 29.7 Å². The summed E-state index contributed by atoms with van der Waals surface area (Å²) < 4.78 is 8.13.